The highest BCUT2D eigenvalue weighted by Gasteiger charge is 2.59. The van der Waals surface area contributed by atoms with Crippen LogP contribution in [0.1, 0.15) is 26.2 Å². The normalized spacial score (nSPS) is 31.1. The van der Waals surface area contributed by atoms with Crippen LogP contribution in [0.5, 0.6) is 0 Å². The van der Waals surface area contributed by atoms with E-state index in [9.17, 15) is 9.59 Å². The Labute approximate surface area is 101 Å². The summed E-state index contributed by atoms with van der Waals surface area (Å²) in [5.41, 5.74) is -1.11. The molecule has 1 amide bonds. The van der Waals surface area contributed by atoms with Crippen LogP contribution in [0.15, 0.2) is 0 Å². The SMILES string of the molecule is COC1CN(C(=O)C2(C(=O)O)CC2)CCC1C. The summed E-state index contributed by atoms with van der Waals surface area (Å²) >= 11 is 0. The molecule has 2 atom stereocenters. The van der Waals surface area contributed by atoms with Gasteiger partial charge in [-0.05, 0) is 25.2 Å². The first-order chi connectivity index (χ1) is 8.01. The molecule has 1 saturated carbocycles. The molecule has 1 aliphatic heterocycles. The van der Waals surface area contributed by atoms with E-state index in [1.807, 2.05) is 0 Å². The lowest BCUT2D eigenvalue weighted by Gasteiger charge is -2.37. The lowest BCUT2D eigenvalue weighted by atomic mass is 9.94. The number of hydrogen-bond acceptors (Lipinski definition) is 3. The van der Waals surface area contributed by atoms with Crippen molar-refractivity contribution in [3.63, 3.8) is 0 Å². The summed E-state index contributed by atoms with van der Waals surface area (Å²) in [6.07, 6.45) is 1.85. The second kappa shape index (κ2) is 4.29. The van der Waals surface area contributed by atoms with Gasteiger partial charge < -0.3 is 14.7 Å². The molecule has 17 heavy (non-hydrogen) atoms. The Morgan fingerprint density at radius 2 is 2.06 bits per heavy atom. The van der Waals surface area contributed by atoms with Crippen LogP contribution in [-0.4, -0.2) is 48.2 Å². The summed E-state index contributed by atoms with van der Waals surface area (Å²) in [4.78, 5) is 24.9. The second-order valence-corrected chi connectivity index (χ2v) is 5.18. The standard InChI is InChI=1S/C12H19NO4/c1-8-3-6-13(7-9(8)17-2)10(14)12(4-5-12)11(15)16/h8-9H,3-7H2,1-2H3,(H,15,16). The van der Waals surface area contributed by atoms with Crippen molar-refractivity contribution in [2.24, 2.45) is 11.3 Å². The Balaban J connectivity index is 2.04. The number of hydrogen-bond donors (Lipinski definition) is 1. The van der Waals surface area contributed by atoms with Gasteiger partial charge in [-0.1, -0.05) is 6.92 Å². The summed E-state index contributed by atoms with van der Waals surface area (Å²) < 4.78 is 5.34. The second-order valence-electron chi connectivity index (χ2n) is 5.18. The minimum absolute atomic E-state index is 0.0253. The number of carboxylic acid groups (broad SMARTS) is 1. The van der Waals surface area contributed by atoms with E-state index in [4.69, 9.17) is 9.84 Å². The Hall–Kier alpha value is -1.10. The predicted octanol–water partition coefficient (Wildman–Crippen LogP) is 0.735. The zero-order valence-electron chi connectivity index (χ0n) is 10.3. The topological polar surface area (TPSA) is 66.8 Å². The molecule has 1 aliphatic carbocycles. The largest absolute Gasteiger partial charge is 0.480 e. The maximum absolute atomic E-state index is 12.2. The van der Waals surface area contributed by atoms with Crippen molar-refractivity contribution in [3.05, 3.63) is 0 Å². The zero-order chi connectivity index (χ0) is 12.6. The van der Waals surface area contributed by atoms with E-state index in [0.29, 0.717) is 31.8 Å². The fourth-order valence-corrected chi connectivity index (χ4v) is 2.47. The highest BCUT2D eigenvalue weighted by atomic mass is 16.5. The summed E-state index contributed by atoms with van der Waals surface area (Å²) in [7, 11) is 1.64. The summed E-state index contributed by atoms with van der Waals surface area (Å²) in [5, 5.41) is 9.10. The maximum Gasteiger partial charge on any atom is 0.319 e. The number of amides is 1. The minimum Gasteiger partial charge on any atom is -0.480 e. The Bertz CT molecular complexity index is 337. The van der Waals surface area contributed by atoms with Crippen molar-refractivity contribution in [2.75, 3.05) is 20.2 Å². The molecule has 5 heteroatoms. The van der Waals surface area contributed by atoms with Gasteiger partial charge in [0.1, 0.15) is 5.41 Å². The third kappa shape index (κ3) is 2.04. The lowest BCUT2D eigenvalue weighted by molar-refractivity contribution is -0.155. The fraction of sp³-hybridized carbons (Fsp3) is 0.833. The molecule has 2 fully saturated rings. The van der Waals surface area contributed by atoms with Gasteiger partial charge in [-0.3, -0.25) is 9.59 Å². The van der Waals surface area contributed by atoms with E-state index in [1.54, 1.807) is 12.0 Å². The van der Waals surface area contributed by atoms with E-state index in [2.05, 4.69) is 6.92 Å². The molecular formula is C12H19NO4. The molecule has 1 saturated heterocycles. The first-order valence-electron chi connectivity index (χ1n) is 6.07. The van der Waals surface area contributed by atoms with Crippen molar-refractivity contribution in [3.8, 4) is 0 Å². The van der Waals surface area contributed by atoms with Gasteiger partial charge in [0.05, 0.1) is 6.10 Å². The van der Waals surface area contributed by atoms with Crippen LogP contribution in [0.25, 0.3) is 0 Å². The zero-order valence-corrected chi connectivity index (χ0v) is 10.3. The number of ether oxygens (including phenoxy) is 1. The number of carbonyl (C=O) groups is 2. The molecule has 2 aliphatic rings. The third-order valence-corrected chi connectivity index (χ3v) is 4.05. The summed E-state index contributed by atoms with van der Waals surface area (Å²) in [5.74, 6) is -0.780. The summed E-state index contributed by atoms with van der Waals surface area (Å²) in [6.45, 7) is 3.26. The van der Waals surface area contributed by atoms with Crippen molar-refractivity contribution in [1.82, 2.24) is 4.90 Å². The van der Waals surface area contributed by atoms with Crippen molar-refractivity contribution in [2.45, 2.75) is 32.3 Å². The fourth-order valence-electron chi connectivity index (χ4n) is 2.47. The number of likely N-dealkylation sites (tertiary alicyclic amines) is 1. The highest BCUT2D eigenvalue weighted by Crippen LogP contribution is 2.47. The van der Waals surface area contributed by atoms with Gasteiger partial charge in [-0.2, -0.15) is 0 Å². The molecule has 2 rings (SSSR count). The predicted molar refractivity (Wildman–Crippen MR) is 60.5 cm³/mol. The first-order valence-corrected chi connectivity index (χ1v) is 6.07. The van der Waals surface area contributed by atoms with Crippen molar-refractivity contribution >= 4 is 11.9 Å². The van der Waals surface area contributed by atoms with Crippen molar-refractivity contribution in [1.29, 1.82) is 0 Å². The Kier molecular flexibility index (Phi) is 3.12. The number of rotatable bonds is 3. The minimum atomic E-state index is -1.11. The maximum atomic E-state index is 12.2. The van der Waals surface area contributed by atoms with E-state index in [1.165, 1.54) is 0 Å². The lowest BCUT2D eigenvalue weighted by Crippen LogP contribution is -2.50. The smallest absolute Gasteiger partial charge is 0.319 e. The average Bonchev–Trinajstić information content (AvgIpc) is 3.10. The van der Waals surface area contributed by atoms with E-state index >= 15 is 0 Å². The molecule has 0 aromatic heterocycles. The van der Waals surface area contributed by atoms with Crippen LogP contribution in [0.2, 0.25) is 0 Å². The molecular weight excluding hydrogens is 222 g/mol. The van der Waals surface area contributed by atoms with Crippen LogP contribution < -0.4 is 0 Å². The molecule has 1 heterocycles. The van der Waals surface area contributed by atoms with E-state index < -0.39 is 11.4 Å². The Morgan fingerprint density at radius 3 is 2.53 bits per heavy atom. The molecule has 0 radical (unpaired) electrons. The Morgan fingerprint density at radius 1 is 1.41 bits per heavy atom. The molecule has 1 N–H and O–H groups in total. The van der Waals surface area contributed by atoms with Gasteiger partial charge in [-0.15, -0.1) is 0 Å². The number of carbonyl (C=O) groups excluding carboxylic acids is 1. The molecule has 0 aromatic carbocycles. The number of nitrogens with zero attached hydrogens (tertiary/aromatic N) is 1. The number of piperidine rings is 1. The molecule has 0 aromatic rings. The molecule has 5 nitrogen and oxygen atoms in total. The number of aliphatic carboxylic acids is 1. The van der Waals surface area contributed by atoms with Gasteiger partial charge in [0.2, 0.25) is 5.91 Å². The number of methoxy groups -OCH3 is 1. The molecule has 2 unspecified atom stereocenters. The van der Waals surface area contributed by atoms with Crippen LogP contribution >= 0.6 is 0 Å². The molecule has 96 valence electrons. The van der Waals surface area contributed by atoms with E-state index in [-0.39, 0.29) is 12.0 Å². The van der Waals surface area contributed by atoms with Gasteiger partial charge in [0.25, 0.3) is 0 Å². The van der Waals surface area contributed by atoms with Gasteiger partial charge in [0, 0.05) is 20.2 Å². The number of carboxylic acids is 1. The van der Waals surface area contributed by atoms with Crippen LogP contribution in [-0.2, 0) is 14.3 Å². The van der Waals surface area contributed by atoms with Gasteiger partial charge in [-0.25, -0.2) is 0 Å². The van der Waals surface area contributed by atoms with Crippen LogP contribution in [0, 0.1) is 11.3 Å². The van der Waals surface area contributed by atoms with E-state index in [0.717, 1.165) is 6.42 Å². The van der Waals surface area contributed by atoms with Gasteiger partial charge >= 0.3 is 5.97 Å². The quantitative estimate of drug-likeness (QED) is 0.740. The van der Waals surface area contributed by atoms with Crippen LogP contribution in [0.4, 0.5) is 0 Å². The first kappa shape index (κ1) is 12.4. The molecule has 0 bridgehead atoms. The summed E-state index contributed by atoms with van der Waals surface area (Å²) in [6, 6.07) is 0. The van der Waals surface area contributed by atoms with Crippen LogP contribution in [0.3, 0.4) is 0 Å². The highest BCUT2D eigenvalue weighted by molar-refractivity contribution is 6.04. The van der Waals surface area contributed by atoms with Crippen molar-refractivity contribution < 1.29 is 19.4 Å². The molecule has 0 spiro atoms. The average molecular weight is 241 g/mol. The third-order valence-electron chi connectivity index (χ3n) is 4.05. The monoisotopic (exact) mass is 241 g/mol. The van der Waals surface area contributed by atoms with Gasteiger partial charge in [0.15, 0.2) is 0 Å².